The summed E-state index contributed by atoms with van der Waals surface area (Å²) in [5.41, 5.74) is 2.13. The van der Waals surface area contributed by atoms with Gasteiger partial charge in [-0.1, -0.05) is 18.2 Å². The molecule has 4 rings (SSSR count). The van der Waals surface area contributed by atoms with Crippen LogP contribution in [0.4, 0.5) is 5.69 Å². The molecule has 2 heterocycles. The van der Waals surface area contributed by atoms with Crippen molar-refractivity contribution in [3.8, 4) is 5.75 Å². The van der Waals surface area contributed by atoms with Gasteiger partial charge >= 0.3 is 11.9 Å². The molecule has 3 aromatic rings. The molecule has 0 N–H and O–H groups in total. The molecule has 168 valence electrons. The van der Waals surface area contributed by atoms with Crippen molar-refractivity contribution in [1.29, 1.82) is 0 Å². The third-order valence-electron chi connectivity index (χ3n) is 5.41. The fraction of sp³-hybridized carbons (Fsp3) is 0.333. The van der Waals surface area contributed by atoms with Gasteiger partial charge < -0.3 is 18.8 Å². The van der Waals surface area contributed by atoms with E-state index in [0.717, 1.165) is 26.2 Å². The fourth-order valence-electron chi connectivity index (χ4n) is 3.93. The number of anilines is 1. The topological polar surface area (TPSA) is 72.2 Å². The largest absolute Gasteiger partial charge is 0.462 e. The number of para-hydroxylation sites is 1. The van der Waals surface area contributed by atoms with E-state index in [0.29, 0.717) is 39.1 Å². The van der Waals surface area contributed by atoms with Gasteiger partial charge in [-0.05, 0) is 47.1 Å². The summed E-state index contributed by atoms with van der Waals surface area (Å²) in [6.07, 6.45) is 0. The van der Waals surface area contributed by atoms with Crippen LogP contribution in [0.5, 0.6) is 5.75 Å². The van der Waals surface area contributed by atoms with E-state index in [1.165, 1.54) is 12.6 Å². The van der Waals surface area contributed by atoms with Gasteiger partial charge in [0.15, 0.2) is 0 Å². The molecule has 0 amide bonds. The van der Waals surface area contributed by atoms with Gasteiger partial charge in [-0.25, -0.2) is 4.79 Å². The molecule has 7 nitrogen and oxygen atoms in total. The number of nitrogens with zero attached hydrogens (tertiary/aromatic N) is 2. The summed E-state index contributed by atoms with van der Waals surface area (Å²) in [6, 6.07) is 13.7. The lowest BCUT2D eigenvalue weighted by Crippen LogP contribution is -2.46. The molecule has 0 saturated carbocycles. The predicted octanol–water partition coefficient (Wildman–Crippen LogP) is 4.62. The fourth-order valence-corrected chi connectivity index (χ4v) is 4.33. The minimum absolute atomic E-state index is 0.258. The van der Waals surface area contributed by atoms with E-state index in [2.05, 4.69) is 37.9 Å². The van der Waals surface area contributed by atoms with Crippen molar-refractivity contribution in [1.82, 2.24) is 4.90 Å². The summed E-state index contributed by atoms with van der Waals surface area (Å²) in [5, 5.41) is 0.570. The molecule has 1 fully saturated rings. The molecule has 1 aliphatic rings. The summed E-state index contributed by atoms with van der Waals surface area (Å²) in [7, 11) is 0. The number of rotatable bonds is 6. The number of fused-ring (bicyclic) bond motifs is 1. The minimum Gasteiger partial charge on any atom is -0.462 e. The Hall–Kier alpha value is -2.84. The maximum Gasteiger partial charge on any atom is 0.342 e. The van der Waals surface area contributed by atoms with Crippen molar-refractivity contribution in [3.63, 3.8) is 0 Å². The Morgan fingerprint density at radius 3 is 2.47 bits per heavy atom. The van der Waals surface area contributed by atoms with Crippen molar-refractivity contribution in [2.75, 3.05) is 37.7 Å². The Bertz CT molecular complexity index is 1120. The second-order valence-corrected chi connectivity index (χ2v) is 8.45. The Labute approximate surface area is 195 Å². The van der Waals surface area contributed by atoms with Crippen LogP contribution in [0.15, 0.2) is 51.4 Å². The number of ether oxygens (including phenoxy) is 2. The van der Waals surface area contributed by atoms with Crippen LogP contribution in [0.3, 0.4) is 0 Å². The quantitative estimate of drug-likeness (QED) is 0.361. The highest BCUT2D eigenvalue weighted by Crippen LogP contribution is 2.36. The number of furan rings is 1. The SMILES string of the molecule is CCOC(=O)c1c(CN2CCN(c3ccccc3)CC2)oc2cc(Br)c(OC(C)=O)cc12. The molecular weight excluding hydrogens is 476 g/mol. The molecular formula is C24H25BrN2O5. The zero-order valence-electron chi connectivity index (χ0n) is 18.1. The minimum atomic E-state index is -0.444. The van der Waals surface area contributed by atoms with E-state index in [9.17, 15) is 9.59 Å². The van der Waals surface area contributed by atoms with Gasteiger partial charge in [0.2, 0.25) is 0 Å². The standard InChI is InChI=1S/C24H25BrN2O5/c1-3-30-24(29)23-18-13-21(31-16(2)28)19(25)14-20(18)32-22(23)15-26-9-11-27(12-10-26)17-7-5-4-6-8-17/h4-8,13-14H,3,9-12,15H2,1-2H3. The third kappa shape index (κ3) is 4.81. The smallest absolute Gasteiger partial charge is 0.342 e. The van der Waals surface area contributed by atoms with Gasteiger partial charge in [0.05, 0.1) is 17.6 Å². The van der Waals surface area contributed by atoms with Gasteiger partial charge in [-0.2, -0.15) is 0 Å². The number of benzene rings is 2. The lowest BCUT2D eigenvalue weighted by Gasteiger charge is -2.35. The van der Waals surface area contributed by atoms with Crippen LogP contribution in [-0.4, -0.2) is 49.6 Å². The van der Waals surface area contributed by atoms with Gasteiger partial charge in [0.25, 0.3) is 0 Å². The molecule has 8 heteroatoms. The molecule has 0 unspecified atom stereocenters. The van der Waals surface area contributed by atoms with Crippen LogP contribution in [0.1, 0.15) is 30.0 Å². The molecule has 0 bridgehead atoms. The molecule has 32 heavy (non-hydrogen) atoms. The average molecular weight is 501 g/mol. The summed E-state index contributed by atoms with van der Waals surface area (Å²) in [4.78, 5) is 28.9. The van der Waals surface area contributed by atoms with Crippen molar-refractivity contribution in [2.45, 2.75) is 20.4 Å². The van der Waals surface area contributed by atoms with Crippen molar-refractivity contribution >= 4 is 44.5 Å². The number of carbonyl (C=O) groups excluding carboxylic acids is 2. The van der Waals surface area contributed by atoms with Crippen LogP contribution >= 0.6 is 15.9 Å². The number of carbonyl (C=O) groups is 2. The van der Waals surface area contributed by atoms with Gasteiger partial charge in [-0.15, -0.1) is 0 Å². The monoisotopic (exact) mass is 500 g/mol. The first-order valence-electron chi connectivity index (χ1n) is 10.6. The number of piperazine rings is 1. The second kappa shape index (κ2) is 9.75. The molecule has 0 spiro atoms. The molecule has 0 aliphatic carbocycles. The first kappa shape index (κ1) is 22.4. The van der Waals surface area contributed by atoms with E-state index in [4.69, 9.17) is 13.9 Å². The van der Waals surface area contributed by atoms with Crippen LogP contribution in [0.2, 0.25) is 0 Å². The predicted molar refractivity (Wildman–Crippen MR) is 125 cm³/mol. The first-order valence-corrected chi connectivity index (χ1v) is 11.4. The summed E-state index contributed by atoms with van der Waals surface area (Å²) in [5.74, 6) is 0.000805. The van der Waals surface area contributed by atoms with E-state index >= 15 is 0 Å². The Morgan fingerprint density at radius 2 is 1.81 bits per heavy atom. The van der Waals surface area contributed by atoms with Crippen molar-refractivity contribution < 1.29 is 23.5 Å². The number of halogens is 1. The lowest BCUT2D eigenvalue weighted by atomic mass is 10.1. The summed E-state index contributed by atoms with van der Waals surface area (Å²) in [6.45, 7) is 7.32. The van der Waals surface area contributed by atoms with Gasteiger partial charge in [0, 0.05) is 44.2 Å². The van der Waals surface area contributed by atoms with E-state index in [1.54, 1.807) is 19.1 Å². The van der Waals surface area contributed by atoms with Crippen LogP contribution in [-0.2, 0) is 16.1 Å². The molecule has 0 atom stereocenters. The van der Waals surface area contributed by atoms with Crippen LogP contribution in [0, 0.1) is 0 Å². The second-order valence-electron chi connectivity index (χ2n) is 7.59. The summed E-state index contributed by atoms with van der Waals surface area (Å²) < 4.78 is 17.2. The average Bonchev–Trinajstić information content (AvgIpc) is 3.11. The number of hydrogen-bond donors (Lipinski definition) is 0. The first-order chi connectivity index (χ1) is 15.5. The van der Waals surface area contributed by atoms with Crippen molar-refractivity contribution in [3.05, 3.63) is 58.3 Å². The summed E-state index contributed by atoms with van der Waals surface area (Å²) >= 11 is 3.41. The normalized spacial score (nSPS) is 14.5. The maximum absolute atomic E-state index is 12.8. The number of esters is 2. The Morgan fingerprint density at radius 1 is 1.09 bits per heavy atom. The lowest BCUT2D eigenvalue weighted by molar-refractivity contribution is -0.131. The zero-order valence-corrected chi connectivity index (χ0v) is 19.7. The molecule has 1 aromatic heterocycles. The molecule has 1 aliphatic heterocycles. The highest BCUT2D eigenvalue weighted by atomic mass is 79.9. The highest BCUT2D eigenvalue weighted by Gasteiger charge is 2.26. The van der Waals surface area contributed by atoms with Crippen molar-refractivity contribution in [2.24, 2.45) is 0 Å². The highest BCUT2D eigenvalue weighted by molar-refractivity contribution is 9.10. The van der Waals surface area contributed by atoms with E-state index < -0.39 is 11.9 Å². The number of hydrogen-bond acceptors (Lipinski definition) is 7. The maximum atomic E-state index is 12.8. The Kier molecular flexibility index (Phi) is 6.81. The van der Waals surface area contributed by atoms with Gasteiger partial charge in [0.1, 0.15) is 22.7 Å². The van der Waals surface area contributed by atoms with Gasteiger partial charge in [-0.3, -0.25) is 9.69 Å². The molecule has 1 saturated heterocycles. The van der Waals surface area contributed by atoms with Crippen LogP contribution in [0.25, 0.3) is 11.0 Å². The van der Waals surface area contributed by atoms with E-state index in [1.807, 2.05) is 18.2 Å². The van der Waals surface area contributed by atoms with Crippen LogP contribution < -0.4 is 9.64 Å². The third-order valence-corrected chi connectivity index (χ3v) is 6.03. The molecule has 0 radical (unpaired) electrons. The molecule has 2 aromatic carbocycles. The Balaban J connectivity index is 1.59. The van der Waals surface area contributed by atoms with E-state index in [-0.39, 0.29) is 6.61 Å². The zero-order chi connectivity index (χ0) is 22.7.